The SMILES string of the molecule is Cn1ccnc1CCC(CSc1ccccc1Cl)NN. The fourth-order valence-corrected chi connectivity index (χ4v) is 3.23. The van der Waals surface area contributed by atoms with Crippen LogP contribution in [0, 0.1) is 0 Å². The Hall–Kier alpha value is -1.01. The summed E-state index contributed by atoms with van der Waals surface area (Å²) in [6.07, 6.45) is 5.62. The molecule has 108 valence electrons. The van der Waals surface area contributed by atoms with E-state index in [2.05, 4.69) is 10.4 Å². The Bertz CT molecular complexity index is 543. The Kier molecular flexibility index (Phi) is 5.91. The second-order valence-electron chi connectivity index (χ2n) is 4.60. The highest BCUT2D eigenvalue weighted by molar-refractivity contribution is 7.99. The molecule has 1 heterocycles. The Labute approximate surface area is 128 Å². The van der Waals surface area contributed by atoms with Gasteiger partial charge in [-0.05, 0) is 18.6 Å². The number of hydrogen-bond acceptors (Lipinski definition) is 4. The number of imidazole rings is 1. The summed E-state index contributed by atoms with van der Waals surface area (Å²) in [4.78, 5) is 5.41. The van der Waals surface area contributed by atoms with E-state index in [1.165, 1.54) is 0 Å². The second kappa shape index (κ2) is 7.69. The molecule has 3 N–H and O–H groups in total. The van der Waals surface area contributed by atoms with E-state index in [0.29, 0.717) is 0 Å². The van der Waals surface area contributed by atoms with Crippen LogP contribution in [-0.4, -0.2) is 21.3 Å². The summed E-state index contributed by atoms with van der Waals surface area (Å²) in [6, 6.07) is 8.09. The minimum absolute atomic E-state index is 0.230. The van der Waals surface area contributed by atoms with Crippen molar-refractivity contribution in [2.24, 2.45) is 12.9 Å². The average Bonchev–Trinajstić information content (AvgIpc) is 2.86. The lowest BCUT2D eigenvalue weighted by Crippen LogP contribution is -2.37. The molecule has 0 aliphatic carbocycles. The number of rotatable bonds is 7. The highest BCUT2D eigenvalue weighted by atomic mass is 35.5. The van der Waals surface area contributed by atoms with Crippen LogP contribution in [-0.2, 0) is 13.5 Å². The molecular weight excluding hydrogens is 292 g/mol. The Morgan fingerprint density at radius 1 is 1.45 bits per heavy atom. The van der Waals surface area contributed by atoms with E-state index < -0.39 is 0 Å². The van der Waals surface area contributed by atoms with Crippen LogP contribution < -0.4 is 11.3 Å². The summed E-state index contributed by atoms with van der Waals surface area (Å²) < 4.78 is 2.04. The van der Waals surface area contributed by atoms with Crippen molar-refractivity contribution in [2.75, 3.05) is 5.75 Å². The van der Waals surface area contributed by atoms with Crippen molar-refractivity contribution >= 4 is 23.4 Å². The molecule has 0 radical (unpaired) electrons. The first-order chi connectivity index (χ1) is 9.70. The van der Waals surface area contributed by atoms with Gasteiger partial charge in [-0.15, -0.1) is 11.8 Å². The van der Waals surface area contributed by atoms with E-state index in [0.717, 1.165) is 34.3 Å². The minimum atomic E-state index is 0.230. The van der Waals surface area contributed by atoms with E-state index in [-0.39, 0.29) is 6.04 Å². The van der Waals surface area contributed by atoms with Crippen LogP contribution in [0.5, 0.6) is 0 Å². The van der Waals surface area contributed by atoms with Crippen molar-refractivity contribution < 1.29 is 0 Å². The molecule has 0 amide bonds. The van der Waals surface area contributed by atoms with E-state index in [1.54, 1.807) is 11.8 Å². The van der Waals surface area contributed by atoms with Crippen LogP contribution in [0.15, 0.2) is 41.6 Å². The lowest BCUT2D eigenvalue weighted by molar-refractivity contribution is 0.528. The molecule has 0 aliphatic rings. The van der Waals surface area contributed by atoms with Gasteiger partial charge in [-0.3, -0.25) is 11.3 Å². The van der Waals surface area contributed by atoms with Crippen LogP contribution in [0.4, 0.5) is 0 Å². The van der Waals surface area contributed by atoms with Gasteiger partial charge in [-0.1, -0.05) is 23.7 Å². The molecule has 0 spiro atoms. The van der Waals surface area contributed by atoms with Crippen LogP contribution in [0.1, 0.15) is 12.2 Å². The van der Waals surface area contributed by atoms with Crippen molar-refractivity contribution in [1.29, 1.82) is 0 Å². The number of aromatic nitrogens is 2. The molecule has 0 bridgehead atoms. The molecule has 0 fully saturated rings. The Balaban J connectivity index is 1.84. The molecule has 20 heavy (non-hydrogen) atoms. The van der Waals surface area contributed by atoms with Gasteiger partial charge >= 0.3 is 0 Å². The first-order valence-corrected chi connectivity index (χ1v) is 7.86. The maximum Gasteiger partial charge on any atom is 0.108 e. The molecule has 6 heteroatoms. The molecule has 1 aromatic carbocycles. The number of nitrogens with one attached hydrogen (secondary N) is 1. The molecule has 2 aromatic rings. The van der Waals surface area contributed by atoms with Gasteiger partial charge in [0.15, 0.2) is 0 Å². The summed E-state index contributed by atoms with van der Waals surface area (Å²) >= 11 is 7.86. The molecule has 0 saturated heterocycles. The number of thioether (sulfide) groups is 1. The van der Waals surface area contributed by atoms with Gasteiger partial charge in [-0.2, -0.15) is 0 Å². The molecule has 1 unspecified atom stereocenters. The zero-order chi connectivity index (χ0) is 14.4. The highest BCUT2D eigenvalue weighted by Gasteiger charge is 2.10. The Morgan fingerprint density at radius 3 is 2.90 bits per heavy atom. The number of hydrazine groups is 1. The number of nitrogens with zero attached hydrogens (tertiary/aromatic N) is 2. The van der Waals surface area contributed by atoms with Crippen molar-refractivity contribution in [3.05, 3.63) is 47.5 Å². The number of hydrogen-bond donors (Lipinski definition) is 2. The van der Waals surface area contributed by atoms with Crippen molar-refractivity contribution in [1.82, 2.24) is 15.0 Å². The summed E-state index contributed by atoms with van der Waals surface area (Å²) in [5.41, 5.74) is 2.87. The van der Waals surface area contributed by atoms with Crippen LogP contribution >= 0.6 is 23.4 Å². The Morgan fingerprint density at radius 2 is 2.25 bits per heavy atom. The van der Waals surface area contributed by atoms with Gasteiger partial charge in [0.05, 0.1) is 5.02 Å². The zero-order valence-corrected chi connectivity index (χ0v) is 13.0. The first-order valence-electron chi connectivity index (χ1n) is 6.50. The first kappa shape index (κ1) is 15.4. The third-order valence-electron chi connectivity index (χ3n) is 3.15. The summed E-state index contributed by atoms with van der Waals surface area (Å²) in [5, 5.41) is 0.789. The molecule has 0 saturated carbocycles. The zero-order valence-electron chi connectivity index (χ0n) is 11.4. The van der Waals surface area contributed by atoms with E-state index in [9.17, 15) is 0 Å². The predicted molar refractivity (Wildman–Crippen MR) is 84.8 cm³/mol. The number of benzene rings is 1. The third-order valence-corrected chi connectivity index (χ3v) is 4.83. The van der Waals surface area contributed by atoms with Crippen LogP contribution in [0.2, 0.25) is 5.02 Å². The molecule has 2 rings (SSSR count). The number of aryl methyl sites for hydroxylation is 2. The van der Waals surface area contributed by atoms with Crippen molar-refractivity contribution in [2.45, 2.75) is 23.8 Å². The predicted octanol–water partition coefficient (Wildman–Crippen LogP) is 2.63. The fourth-order valence-electron chi connectivity index (χ4n) is 1.91. The van der Waals surface area contributed by atoms with Crippen LogP contribution in [0.3, 0.4) is 0 Å². The van der Waals surface area contributed by atoms with Gasteiger partial charge in [0, 0.05) is 42.6 Å². The molecule has 4 nitrogen and oxygen atoms in total. The average molecular weight is 311 g/mol. The smallest absolute Gasteiger partial charge is 0.108 e. The van der Waals surface area contributed by atoms with Gasteiger partial charge in [0.1, 0.15) is 5.82 Å². The van der Waals surface area contributed by atoms with E-state index >= 15 is 0 Å². The summed E-state index contributed by atoms with van der Waals surface area (Å²) in [6.45, 7) is 0. The summed E-state index contributed by atoms with van der Waals surface area (Å²) in [5.74, 6) is 7.59. The quantitative estimate of drug-likeness (QED) is 0.469. The lowest BCUT2D eigenvalue weighted by atomic mass is 10.2. The van der Waals surface area contributed by atoms with Crippen molar-refractivity contribution in [3.8, 4) is 0 Å². The normalized spacial score (nSPS) is 12.6. The standard InChI is InChI=1S/C14H19ClN4S/c1-19-9-8-17-14(19)7-6-11(18-16)10-20-13-5-3-2-4-12(13)15/h2-5,8-9,11,18H,6-7,10,16H2,1H3. The molecule has 1 atom stereocenters. The molecule has 1 aromatic heterocycles. The molecular formula is C14H19ClN4S. The van der Waals surface area contributed by atoms with Gasteiger partial charge < -0.3 is 4.57 Å². The van der Waals surface area contributed by atoms with Crippen molar-refractivity contribution in [3.63, 3.8) is 0 Å². The molecule has 0 aliphatic heterocycles. The minimum Gasteiger partial charge on any atom is -0.338 e. The number of nitrogens with two attached hydrogens (primary N) is 1. The van der Waals surface area contributed by atoms with E-state index in [4.69, 9.17) is 17.4 Å². The van der Waals surface area contributed by atoms with Crippen LogP contribution in [0.25, 0.3) is 0 Å². The maximum absolute atomic E-state index is 6.14. The number of halogens is 1. The second-order valence-corrected chi connectivity index (χ2v) is 6.07. The fraction of sp³-hybridized carbons (Fsp3) is 0.357. The van der Waals surface area contributed by atoms with E-state index in [1.807, 2.05) is 48.3 Å². The highest BCUT2D eigenvalue weighted by Crippen LogP contribution is 2.27. The largest absolute Gasteiger partial charge is 0.338 e. The van der Waals surface area contributed by atoms with Gasteiger partial charge in [0.25, 0.3) is 0 Å². The van der Waals surface area contributed by atoms with Gasteiger partial charge in [-0.25, -0.2) is 4.98 Å². The summed E-state index contributed by atoms with van der Waals surface area (Å²) in [7, 11) is 2.01. The monoisotopic (exact) mass is 310 g/mol. The third kappa shape index (κ3) is 4.24. The van der Waals surface area contributed by atoms with Gasteiger partial charge in [0.2, 0.25) is 0 Å². The lowest BCUT2D eigenvalue weighted by Gasteiger charge is -2.15. The topological polar surface area (TPSA) is 55.9 Å². The maximum atomic E-state index is 6.14.